The topological polar surface area (TPSA) is 46.4 Å². The van der Waals surface area contributed by atoms with Crippen LogP contribution in [0.4, 0.5) is 14.5 Å². The van der Waals surface area contributed by atoms with E-state index in [-0.39, 0.29) is 24.0 Å². The fourth-order valence-corrected chi connectivity index (χ4v) is 3.34. The van der Waals surface area contributed by atoms with Gasteiger partial charge in [0.2, 0.25) is 5.91 Å². The third kappa shape index (κ3) is 4.01. The van der Waals surface area contributed by atoms with E-state index in [4.69, 9.17) is 0 Å². The summed E-state index contributed by atoms with van der Waals surface area (Å²) in [6.45, 7) is 1.75. The van der Waals surface area contributed by atoms with Crippen LogP contribution in [-0.2, 0) is 11.2 Å². The van der Waals surface area contributed by atoms with Gasteiger partial charge in [0.1, 0.15) is 17.3 Å². The number of carbonyl (C=O) groups is 1. The quantitative estimate of drug-likeness (QED) is 0.511. The summed E-state index contributed by atoms with van der Waals surface area (Å²) in [7, 11) is 0. The van der Waals surface area contributed by atoms with Gasteiger partial charge < -0.3 is 9.72 Å². The maximum atomic E-state index is 13.3. The molecule has 1 amide bonds. The molecular weight excluding hydrogens is 372 g/mol. The number of imidazole rings is 1. The van der Waals surface area contributed by atoms with Crippen LogP contribution in [0.15, 0.2) is 66.9 Å². The number of aromatic nitrogens is 2. The van der Waals surface area contributed by atoms with Crippen molar-refractivity contribution < 1.29 is 13.6 Å². The van der Waals surface area contributed by atoms with Crippen molar-refractivity contribution in [2.75, 3.05) is 5.32 Å². The maximum Gasteiger partial charge on any atom is 0.224 e. The van der Waals surface area contributed by atoms with E-state index in [0.29, 0.717) is 17.7 Å². The Morgan fingerprint density at radius 2 is 1.79 bits per heavy atom. The highest BCUT2D eigenvalue weighted by Gasteiger charge is 2.16. The molecule has 29 heavy (non-hydrogen) atoms. The average molecular weight is 391 g/mol. The number of amides is 1. The van der Waals surface area contributed by atoms with Crippen molar-refractivity contribution in [2.45, 2.75) is 19.8 Å². The van der Waals surface area contributed by atoms with Crippen LogP contribution < -0.4 is 5.32 Å². The van der Waals surface area contributed by atoms with Crippen LogP contribution in [0, 0.1) is 18.6 Å². The van der Waals surface area contributed by atoms with Gasteiger partial charge >= 0.3 is 0 Å². The standard InChI is InChI=1S/C23H19F2N3O/c1-15-14-18(25)9-10-19(15)26-22(29)12-11-20-23(16-5-7-17(24)8-6-16)27-21-4-2-3-13-28(20)21/h2-10,13-14H,11-12H2,1H3,(H,26,29). The first-order chi connectivity index (χ1) is 14.0. The number of halogens is 2. The van der Waals surface area contributed by atoms with Gasteiger partial charge in [-0.3, -0.25) is 4.79 Å². The summed E-state index contributed by atoms with van der Waals surface area (Å²) in [5, 5.41) is 2.83. The normalized spacial score (nSPS) is 11.0. The molecule has 4 nitrogen and oxygen atoms in total. The summed E-state index contributed by atoms with van der Waals surface area (Å²) < 4.78 is 28.5. The van der Waals surface area contributed by atoms with Crippen molar-refractivity contribution in [3.63, 3.8) is 0 Å². The first-order valence-corrected chi connectivity index (χ1v) is 9.29. The predicted molar refractivity (Wildman–Crippen MR) is 109 cm³/mol. The molecule has 0 aliphatic heterocycles. The number of hydrogen-bond acceptors (Lipinski definition) is 2. The number of carbonyl (C=O) groups excluding carboxylic acids is 1. The van der Waals surface area contributed by atoms with E-state index in [1.807, 2.05) is 28.8 Å². The summed E-state index contributed by atoms with van der Waals surface area (Å²) >= 11 is 0. The molecule has 2 aromatic heterocycles. The highest BCUT2D eigenvalue weighted by atomic mass is 19.1. The molecule has 4 aromatic rings. The Morgan fingerprint density at radius 3 is 2.55 bits per heavy atom. The maximum absolute atomic E-state index is 13.3. The third-order valence-corrected chi connectivity index (χ3v) is 4.80. The largest absolute Gasteiger partial charge is 0.326 e. The zero-order chi connectivity index (χ0) is 20.4. The second kappa shape index (κ2) is 7.83. The molecule has 1 N–H and O–H groups in total. The molecule has 4 rings (SSSR count). The highest BCUT2D eigenvalue weighted by molar-refractivity contribution is 5.91. The third-order valence-electron chi connectivity index (χ3n) is 4.80. The Hall–Kier alpha value is -3.54. The van der Waals surface area contributed by atoms with Crippen LogP contribution in [-0.4, -0.2) is 15.3 Å². The number of aryl methyl sites for hydroxylation is 2. The van der Waals surface area contributed by atoms with Crippen molar-refractivity contribution in [1.29, 1.82) is 0 Å². The first kappa shape index (κ1) is 18.8. The molecule has 0 unspecified atom stereocenters. The minimum Gasteiger partial charge on any atom is -0.326 e. The van der Waals surface area contributed by atoms with Crippen molar-refractivity contribution in [3.8, 4) is 11.3 Å². The molecule has 0 saturated heterocycles. The molecule has 2 heterocycles. The summed E-state index contributed by atoms with van der Waals surface area (Å²) in [6, 6.07) is 16.1. The number of pyridine rings is 1. The van der Waals surface area contributed by atoms with Gasteiger partial charge in [0.25, 0.3) is 0 Å². The average Bonchev–Trinajstić information content (AvgIpc) is 3.08. The number of anilines is 1. The SMILES string of the molecule is Cc1cc(F)ccc1NC(=O)CCc1c(-c2ccc(F)cc2)nc2ccccn12. The number of hydrogen-bond donors (Lipinski definition) is 1. The first-order valence-electron chi connectivity index (χ1n) is 9.29. The number of nitrogens with zero attached hydrogens (tertiary/aromatic N) is 2. The molecule has 6 heteroatoms. The van der Waals surface area contributed by atoms with E-state index in [9.17, 15) is 13.6 Å². The van der Waals surface area contributed by atoms with Crippen LogP contribution in [0.1, 0.15) is 17.7 Å². The van der Waals surface area contributed by atoms with Crippen molar-refractivity contribution in [1.82, 2.24) is 9.38 Å². The molecular formula is C23H19F2N3O. The van der Waals surface area contributed by atoms with Gasteiger partial charge in [-0.05, 0) is 73.5 Å². The molecule has 0 aliphatic rings. The van der Waals surface area contributed by atoms with Gasteiger partial charge in [0, 0.05) is 23.9 Å². The van der Waals surface area contributed by atoms with Gasteiger partial charge in [-0.25, -0.2) is 13.8 Å². The monoisotopic (exact) mass is 391 g/mol. The van der Waals surface area contributed by atoms with Gasteiger partial charge in [0.15, 0.2) is 0 Å². The lowest BCUT2D eigenvalue weighted by atomic mass is 10.1. The number of nitrogens with one attached hydrogen (secondary N) is 1. The summed E-state index contributed by atoms with van der Waals surface area (Å²) in [5.74, 6) is -0.820. The molecule has 0 atom stereocenters. The van der Waals surface area contributed by atoms with E-state index in [1.165, 1.54) is 24.3 Å². The fraction of sp³-hybridized carbons (Fsp3) is 0.130. The van der Waals surface area contributed by atoms with Crippen LogP contribution >= 0.6 is 0 Å². The number of benzene rings is 2. The Morgan fingerprint density at radius 1 is 1.03 bits per heavy atom. The van der Waals surface area contributed by atoms with Gasteiger partial charge in [-0.15, -0.1) is 0 Å². The minimum atomic E-state index is -0.338. The number of rotatable bonds is 5. The van der Waals surface area contributed by atoms with E-state index in [2.05, 4.69) is 10.3 Å². The number of fused-ring (bicyclic) bond motifs is 1. The van der Waals surface area contributed by atoms with Gasteiger partial charge in [0.05, 0.1) is 11.4 Å². The molecule has 0 saturated carbocycles. The van der Waals surface area contributed by atoms with E-state index in [1.54, 1.807) is 25.1 Å². The Bertz CT molecular complexity index is 1180. The molecule has 0 radical (unpaired) electrons. The lowest BCUT2D eigenvalue weighted by Gasteiger charge is -2.09. The van der Waals surface area contributed by atoms with Crippen molar-refractivity contribution in [3.05, 3.63) is 89.8 Å². The highest BCUT2D eigenvalue weighted by Crippen LogP contribution is 2.26. The molecule has 0 aliphatic carbocycles. The zero-order valence-corrected chi connectivity index (χ0v) is 15.8. The molecule has 2 aromatic carbocycles. The van der Waals surface area contributed by atoms with Crippen molar-refractivity contribution in [2.24, 2.45) is 0 Å². The molecule has 146 valence electrons. The van der Waals surface area contributed by atoms with E-state index in [0.717, 1.165) is 22.6 Å². The Balaban J connectivity index is 1.59. The zero-order valence-electron chi connectivity index (χ0n) is 15.8. The predicted octanol–water partition coefficient (Wildman–Crippen LogP) is 5.16. The van der Waals surface area contributed by atoms with Gasteiger partial charge in [-0.1, -0.05) is 6.07 Å². The summed E-state index contributed by atoms with van der Waals surface area (Å²) in [6.07, 6.45) is 2.57. The summed E-state index contributed by atoms with van der Waals surface area (Å²) in [4.78, 5) is 17.2. The Labute approximate surface area is 166 Å². The fourth-order valence-electron chi connectivity index (χ4n) is 3.34. The van der Waals surface area contributed by atoms with Crippen molar-refractivity contribution >= 4 is 17.2 Å². The second-order valence-electron chi connectivity index (χ2n) is 6.85. The smallest absolute Gasteiger partial charge is 0.224 e. The van der Waals surface area contributed by atoms with Gasteiger partial charge in [-0.2, -0.15) is 0 Å². The minimum absolute atomic E-state index is 0.171. The van der Waals surface area contributed by atoms with E-state index < -0.39 is 0 Å². The summed E-state index contributed by atoms with van der Waals surface area (Å²) in [5.41, 5.74) is 4.41. The lowest BCUT2D eigenvalue weighted by molar-refractivity contribution is -0.116. The van der Waals surface area contributed by atoms with Crippen LogP contribution in [0.25, 0.3) is 16.9 Å². The van der Waals surface area contributed by atoms with E-state index >= 15 is 0 Å². The Kier molecular flexibility index (Phi) is 5.08. The lowest BCUT2D eigenvalue weighted by Crippen LogP contribution is -2.14. The molecule has 0 fully saturated rings. The van der Waals surface area contributed by atoms with Crippen LogP contribution in [0.2, 0.25) is 0 Å². The second-order valence-corrected chi connectivity index (χ2v) is 6.85. The van der Waals surface area contributed by atoms with Crippen LogP contribution in [0.3, 0.4) is 0 Å². The molecule has 0 spiro atoms. The van der Waals surface area contributed by atoms with Crippen LogP contribution in [0.5, 0.6) is 0 Å². The molecule has 0 bridgehead atoms.